The summed E-state index contributed by atoms with van der Waals surface area (Å²) in [5, 5.41) is 0. The molecule has 2 aromatic rings. The first-order valence-electron chi connectivity index (χ1n) is 10.9. The largest absolute Gasteiger partial charge is 0.462 e. The highest BCUT2D eigenvalue weighted by molar-refractivity contribution is 5.89. The molecule has 0 saturated carbocycles. The quantitative estimate of drug-likeness (QED) is 0.320. The summed E-state index contributed by atoms with van der Waals surface area (Å²) >= 11 is 0. The predicted octanol–water partition coefficient (Wildman–Crippen LogP) is 6.18. The van der Waals surface area contributed by atoms with E-state index in [2.05, 4.69) is 27.7 Å². The van der Waals surface area contributed by atoms with Gasteiger partial charge in [0.25, 0.3) is 0 Å². The molecule has 0 radical (unpaired) electrons. The maximum Gasteiger partial charge on any atom is 0.338 e. The Bertz CT molecular complexity index is 840. The topological polar surface area (TPSA) is 52.6 Å². The highest BCUT2D eigenvalue weighted by Gasteiger charge is 2.37. The molecule has 0 aliphatic carbocycles. The molecule has 0 aliphatic rings. The van der Waals surface area contributed by atoms with E-state index in [9.17, 15) is 9.59 Å². The monoisotopic (exact) mass is 422 g/mol. The molecule has 0 bridgehead atoms. The molecule has 0 aromatic heterocycles. The zero-order valence-corrected chi connectivity index (χ0v) is 19.0. The fourth-order valence-corrected chi connectivity index (χ4v) is 3.24. The van der Waals surface area contributed by atoms with Gasteiger partial charge in [-0.05, 0) is 42.0 Å². The number of ether oxygens (including phenoxy) is 2. The number of carbonyl (C=O) groups is 2. The van der Waals surface area contributed by atoms with Crippen LogP contribution in [0, 0.1) is 17.3 Å². The Morgan fingerprint density at radius 1 is 0.871 bits per heavy atom. The molecule has 1 unspecified atom stereocenters. The third-order valence-electron chi connectivity index (χ3n) is 5.66. The first-order valence-corrected chi connectivity index (χ1v) is 10.9. The van der Waals surface area contributed by atoms with Gasteiger partial charge in [-0.15, -0.1) is 0 Å². The summed E-state index contributed by atoms with van der Waals surface area (Å²) in [4.78, 5) is 24.9. The van der Waals surface area contributed by atoms with E-state index in [0.717, 1.165) is 18.4 Å². The van der Waals surface area contributed by atoms with Crippen molar-refractivity contribution < 1.29 is 19.1 Å². The van der Waals surface area contributed by atoms with Crippen LogP contribution >= 0.6 is 0 Å². The van der Waals surface area contributed by atoms with Gasteiger partial charge >= 0.3 is 11.9 Å². The lowest BCUT2D eigenvalue weighted by molar-refractivity contribution is -0.144. The molecule has 2 aromatic carbocycles. The van der Waals surface area contributed by atoms with Crippen molar-refractivity contribution in [2.24, 2.45) is 17.3 Å². The zero-order chi connectivity index (χ0) is 22.7. The van der Waals surface area contributed by atoms with Crippen molar-refractivity contribution in [3.63, 3.8) is 0 Å². The Morgan fingerprint density at radius 3 is 2.03 bits per heavy atom. The fraction of sp³-hybridized carbons (Fsp3) is 0.407. The average molecular weight is 423 g/mol. The second kappa shape index (κ2) is 12.1. The lowest BCUT2D eigenvalue weighted by atomic mass is 9.73. The van der Waals surface area contributed by atoms with Gasteiger partial charge < -0.3 is 9.47 Å². The molecule has 4 nitrogen and oxygen atoms in total. The van der Waals surface area contributed by atoms with E-state index >= 15 is 0 Å². The minimum atomic E-state index is -0.440. The predicted molar refractivity (Wildman–Crippen MR) is 125 cm³/mol. The van der Waals surface area contributed by atoms with Crippen molar-refractivity contribution in [2.75, 3.05) is 13.2 Å². The van der Waals surface area contributed by atoms with Gasteiger partial charge in [0.05, 0.1) is 5.56 Å². The van der Waals surface area contributed by atoms with Gasteiger partial charge in [0, 0.05) is 11.5 Å². The third-order valence-corrected chi connectivity index (χ3v) is 5.66. The van der Waals surface area contributed by atoms with Crippen LogP contribution in [0.25, 0.3) is 6.08 Å². The molecule has 1 atom stereocenters. The van der Waals surface area contributed by atoms with Gasteiger partial charge in [-0.2, -0.15) is 0 Å². The average Bonchev–Trinajstić information content (AvgIpc) is 2.78. The van der Waals surface area contributed by atoms with Crippen molar-refractivity contribution in [2.45, 2.75) is 40.5 Å². The molecule has 0 heterocycles. The van der Waals surface area contributed by atoms with Crippen molar-refractivity contribution in [1.29, 1.82) is 0 Å². The molecule has 2 rings (SSSR count). The Morgan fingerprint density at radius 2 is 1.45 bits per heavy atom. The number of esters is 2. The molecule has 0 N–H and O–H groups in total. The van der Waals surface area contributed by atoms with Crippen LogP contribution in [0.2, 0.25) is 0 Å². The first-order chi connectivity index (χ1) is 14.8. The van der Waals surface area contributed by atoms with Crippen LogP contribution in [-0.4, -0.2) is 25.2 Å². The van der Waals surface area contributed by atoms with Crippen molar-refractivity contribution in [1.82, 2.24) is 0 Å². The Balaban J connectivity index is 2.07. The summed E-state index contributed by atoms with van der Waals surface area (Å²) in [6, 6.07) is 18.6. The van der Waals surface area contributed by atoms with Gasteiger partial charge in [0.15, 0.2) is 0 Å². The SMILES string of the molecule is CC(C)CCC(COC(=O)/C=C/c1ccccc1)(COC(=O)c1ccccc1)C(C)C. The molecular weight excluding hydrogens is 388 g/mol. The summed E-state index contributed by atoms with van der Waals surface area (Å²) in [7, 11) is 0. The summed E-state index contributed by atoms with van der Waals surface area (Å²) < 4.78 is 11.3. The molecular formula is C27H34O4. The fourth-order valence-electron chi connectivity index (χ4n) is 3.24. The van der Waals surface area contributed by atoms with Gasteiger partial charge in [-0.1, -0.05) is 82.6 Å². The van der Waals surface area contributed by atoms with Crippen molar-refractivity contribution in [3.05, 3.63) is 77.9 Å². The van der Waals surface area contributed by atoms with E-state index in [-0.39, 0.29) is 25.1 Å². The van der Waals surface area contributed by atoms with E-state index < -0.39 is 11.4 Å². The molecule has 0 amide bonds. The van der Waals surface area contributed by atoms with Gasteiger partial charge in [0.2, 0.25) is 0 Å². The van der Waals surface area contributed by atoms with E-state index in [1.54, 1.807) is 18.2 Å². The maximum absolute atomic E-state index is 12.5. The second-order valence-corrected chi connectivity index (χ2v) is 8.74. The van der Waals surface area contributed by atoms with Crippen LogP contribution in [0.5, 0.6) is 0 Å². The highest BCUT2D eigenvalue weighted by atomic mass is 16.5. The van der Waals surface area contributed by atoms with Crippen LogP contribution < -0.4 is 0 Å². The summed E-state index contributed by atoms with van der Waals surface area (Å²) in [5.74, 6) is -0.0874. The van der Waals surface area contributed by atoms with Crippen molar-refractivity contribution in [3.8, 4) is 0 Å². The minimum Gasteiger partial charge on any atom is -0.462 e. The molecule has 0 saturated heterocycles. The normalized spacial score (nSPS) is 13.4. The number of hydrogen-bond acceptors (Lipinski definition) is 4. The van der Waals surface area contributed by atoms with E-state index in [0.29, 0.717) is 11.5 Å². The minimum absolute atomic E-state index is 0.167. The van der Waals surface area contributed by atoms with Crippen molar-refractivity contribution >= 4 is 18.0 Å². The molecule has 0 spiro atoms. The Hall–Kier alpha value is -2.88. The van der Waals surface area contributed by atoms with E-state index in [1.165, 1.54) is 6.08 Å². The molecule has 4 heteroatoms. The smallest absolute Gasteiger partial charge is 0.338 e. The number of carbonyl (C=O) groups excluding carboxylic acids is 2. The Labute approximate surface area is 186 Å². The lowest BCUT2D eigenvalue weighted by Crippen LogP contribution is -2.39. The molecule has 0 fully saturated rings. The maximum atomic E-state index is 12.5. The van der Waals surface area contributed by atoms with Crippen LogP contribution in [0.3, 0.4) is 0 Å². The summed E-state index contributed by atoms with van der Waals surface area (Å²) in [5.41, 5.74) is 1.02. The number of hydrogen-bond donors (Lipinski definition) is 0. The van der Waals surface area contributed by atoms with Crippen LogP contribution in [0.15, 0.2) is 66.7 Å². The van der Waals surface area contributed by atoms with Gasteiger partial charge in [-0.25, -0.2) is 9.59 Å². The van der Waals surface area contributed by atoms with Gasteiger partial charge in [-0.3, -0.25) is 0 Å². The highest BCUT2D eigenvalue weighted by Crippen LogP contribution is 2.35. The second-order valence-electron chi connectivity index (χ2n) is 8.74. The van der Waals surface area contributed by atoms with Crippen LogP contribution in [-0.2, 0) is 14.3 Å². The van der Waals surface area contributed by atoms with Crippen LogP contribution in [0.1, 0.15) is 56.5 Å². The van der Waals surface area contributed by atoms with E-state index in [4.69, 9.17) is 9.47 Å². The summed E-state index contributed by atoms with van der Waals surface area (Å²) in [6.07, 6.45) is 4.94. The lowest BCUT2D eigenvalue weighted by Gasteiger charge is -2.37. The Kier molecular flexibility index (Phi) is 9.51. The molecule has 166 valence electrons. The van der Waals surface area contributed by atoms with Gasteiger partial charge in [0.1, 0.15) is 13.2 Å². The summed E-state index contributed by atoms with van der Waals surface area (Å²) in [6.45, 7) is 8.91. The first kappa shape index (κ1) is 24.4. The zero-order valence-electron chi connectivity index (χ0n) is 19.0. The molecule has 31 heavy (non-hydrogen) atoms. The number of rotatable bonds is 11. The van der Waals surface area contributed by atoms with Crippen LogP contribution in [0.4, 0.5) is 0 Å². The van der Waals surface area contributed by atoms with E-state index in [1.807, 2.05) is 48.5 Å². The number of benzene rings is 2. The third kappa shape index (κ3) is 8.05. The standard InChI is InChI=1S/C27H34O4/c1-21(2)17-18-27(22(3)4,20-31-26(29)24-13-9-6-10-14-24)19-30-25(28)16-15-23-11-7-5-8-12-23/h5-16,21-22H,17-20H2,1-4H3/b16-15+. The molecule has 0 aliphatic heterocycles.